The van der Waals surface area contributed by atoms with Gasteiger partial charge in [0.25, 0.3) is 5.91 Å². The van der Waals surface area contributed by atoms with Crippen LogP contribution in [0.2, 0.25) is 5.02 Å². The van der Waals surface area contributed by atoms with Crippen LogP contribution in [0.5, 0.6) is 0 Å². The van der Waals surface area contributed by atoms with Gasteiger partial charge in [-0.15, -0.1) is 0 Å². The standard InChI is InChI=1S/C17H17ClINO/c1-17(2,12-6-4-3-5-7-12)11-20-16(21)14-10-13(18)8-9-15(14)19/h3-10H,11H2,1-2H3,(H,20,21). The molecule has 0 aliphatic carbocycles. The van der Waals surface area contributed by atoms with Crippen molar-refractivity contribution in [3.8, 4) is 0 Å². The number of rotatable bonds is 4. The van der Waals surface area contributed by atoms with Crippen molar-refractivity contribution in [2.24, 2.45) is 0 Å². The number of halogens is 2. The van der Waals surface area contributed by atoms with E-state index in [-0.39, 0.29) is 11.3 Å². The highest BCUT2D eigenvalue weighted by atomic mass is 127. The maximum atomic E-state index is 12.3. The smallest absolute Gasteiger partial charge is 0.252 e. The summed E-state index contributed by atoms with van der Waals surface area (Å²) in [5, 5.41) is 3.58. The second-order valence-corrected chi connectivity index (χ2v) is 7.16. The molecule has 0 fully saturated rings. The number of amides is 1. The van der Waals surface area contributed by atoms with Gasteiger partial charge < -0.3 is 5.32 Å². The number of benzene rings is 2. The Hall–Kier alpha value is -1.07. The van der Waals surface area contributed by atoms with Crippen molar-refractivity contribution in [2.75, 3.05) is 6.54 Å². The van der Waals surface area contributed by atoms with Gasteiger partial charge in [0.15, 0.2) is 0 Å². The number of hydrogen-bond donors (Lipinski definition) is 1. The van der Waals surface area contributed by atoms with Crippen molar-refractivity contribution in [3.05, 3.63) is 68.3 Å². The summed E-state index contributed by atoms with van der Waals surface area (Å²) >= 11 is 8.11. The Kier molecular flexibility index (Phi) is 5.27. The van der Waals surface area contributed by atoms with Crippen molar-refractivity contribution >= 4 is 40.1 Å². The van der Waals surface area contributed by atoms with Crippen LogP contribution >= 0.6 is 34.2 Å². The molecule has 0 saturated carbocycles. The second-order valence-electron chi connectivity index (χ2n) is 5.56. The zero-order chi connectivity index (χ0) is 15.5. The topological polar surface area (TPSA) is 29.1 Å². The van der Waals surface area contributed by atoms with Crippen LogP contribution in [0.3, 0.4) is 0 Å². The van der Waals surface area contributed by atoms with Crippen LogP contribution in [0.25, 0.3) is 0 Å². The molecule has 1 N–H and O–H groups in total. The van der Waals surface area contributed by atoms with Crippen LogP contribution in [0.4, 0.5) is 0 Å². The average Bonchev–Trinajstić information content (AvgIpc) is 2.48. The van der Waals surface area contributed by atoms with Crippen molar-refractivity contribution in [1.29, 1.82) is 0 Å². The molecule has 0 aromatic heterocycles. The van der Waals surface area contributed by atoms with Crippen molar-refractivity contribution in [3.63, 3.8) is 0 Å². The van der Waals surface area contributed by atoms with Crippen LogP contribution in [-0.2, 0) is 5.41 Å². The minimum absolute atomic E-state index is 0.0918. The van der Waals surface area contributed by atoms with Gasteiger partial charge in [-0.3, -0.25) is 4.79 Å². The molecule has 0 radical (unpaired) electrons. The van der Waals surface area contributed by atoms with E-state index >= 15 is 0 Å². The molecule has 0 atom stereocenters. The van der Waals surface area contributed by atoms with Gasteiger partial charge in [-0.1, -0.05) is 55.8 Å². The molecule has 4 heteroatoms. The minimum Gasteiger partial charge on any atom is -0.351 e. The van der Waals surface area contributed by atoms with E-state index in [2.05, 4.69) is 53.9 Å². The molecule has 2 aromatic carbocycles. The lowest BCUT2D eigenvalue weighted by atomic mass is 9.84. The van der Waals surface area contributed by atoms with Gasteiger partial charge in [-0.05, 0) is 46.4 Å². The second kappa shape index (κ2) is 6.79. The summed E-state index contributed by atoms with van der Waals surface area (Å²) in [5.41, 5.74) is 1.69. The minimum atomic E-state index is -0.124. The van der Waals surface area contributed by atoms with Crippen molar-refractivity contribution in [2.45, 2.75) is 19.3 Å². The lowest BCUT2D eigenvalue weighted by Gasteiger charge is -2.25. The van der Waals surface area contributed by atoms with Gasteiger partial charge in [-0.2, -0.15) is 0 Å². The van der Waals surface area contributed by atoms with Gasteiger partial charge in [0.2, 0.25) is 0 Å². The van der Waals surface area contributed by atoms with Crippen molar-refractivity contribution < 1.29 is 4.79 Å². The fraction of sp³-hybridized carbons (Fsp3) is 0.235. The van der Waals surface area contributed by atoms with Crippen LogP contribution in [0.15, 0.2) is 48.5 Å². The van der Waals surface area contributed by atoms with Gasteiger partial charge >= 0.3 is 0 Å². The van der Waals surface area contributed by atoms with E-state index in [0.29, 0.717) is 17.1 Å². The summed E-state index contributed by atoms with van der Waals surface area (Å²) < 4.78 is 0.895. The predicted octanol–water partition coefficient (Wildman–Crippen LogP) is 4.65. The summed E-state index contributed by atoms with van der Waals surface area (Å²) in [6.45, 7) is 4.80. The SMILES string of the molecule is CC(C)(CNC(=O)c1cc(Cl)ccc1I)c1ccccc1. The van der Waals surface area contributed by atoms with Gasteiger partial charge in [0.1, 0.15) is 0 Å². The molecule has 2 nitrogen and oxygen atoms in total. The number of carbonyl (C=O) groups excluding carboxylic acids is 1. The average molecular weight is 414 g/mol. The molecule has 0 aliphatic heterocycles. The zero-order valence-electron chi connectivity index (χ0n) is 12.0. The molecule has 0 spiro atoms. The molecular weight excluding hydrogens is 397 g/mol. The van der Waals surface area contributed by atoms with E-state index in [1.807, 2.05) is 24.3 Å². The molecule has 2 aromatic rings. The van der Waals surface area contributed by atoms with E-state index in [1.165, 1.54) is 5.56 Å². The molecule has 0 bridgehead atoms. The normalized spacial score (nSPS) is 11.2. The summed E-state index contributed by atoms with van der Waals surface area (Å²) in [6, 6.07) is 15.5. The van der Waals surface area contributed by atoms with E-state index in [4.69, 9.17) is 11.6 Å². The number of carbonyl (C=O) groups is 1. The van der Waals surface area contributed by atoms with E-state index in [0.717, 1.165) is 3.57 Å². The zero-order valence-corrected chi connectivity index (χ0v) is 14.9. The van der Waals surface area contributed by atoms with Gasteiger partial charge in [0, 0.05) is 20.6 Å². The summed E-state index contributed by atoms with van der Waals surface area (Å²) in [6.07, 6.45) is 0. The first kappa shape index (κ1) is 16.3. The number of hydrogen-bond acceptors (Lipinski definition) is 1. The maximum absolute atomic E-state index is 12.3. The Bertz CT molecular complexity index is 640. The Morgan fingerprint density at radius 2 is 1.86 bits per heavy atom. The Balaban J connectivity index is 2.09. The van der Waals surface area contributed by atoms with Crippen LogP contribution in [0.1, 0.15) is 29.8 Å². The Morgan fingerprint density at radius 3 is 2.52 bits per heavy atom. The quantitative estimate of drug-likeness (QED) is 0.726. The molecule has 0 aliphatic rings. The van der Waals surface area contributed by atoms with E-state index < -0.39 is 0 Å². The molecule has 0 unspecified atom stereocenters. The molecule has 110 valence electrons. The predicted molar refractivity (Wildman–Crippen MR) is 96.0 cm³/mol. The van der Waals surface area contributed by atoms with Crippen LogP contribution < -0.4 is 5.32 Å². The fourth-order valence-electron chi connectivity index (χ4n) is 2.06. The number of nitrogens with one attached hydrogen (secondary N) is 1. The summed E-state index contributed by atoms with van der Waals surface area (Å²) in [5.74, 6) is -0.0918. The summed E-state index contributed by atoms with van der Waals surface area (Å²) in [4.78, 5) is 12.3. The molecule has 2 rings (SSSR count). The van der Waals surface area contributed by atoms with Crippen molar-refractivity contribution in [1.82, 2.24) is 5.32 Å². The molecular formula is C17H17ClINO. The highest BCUT2D eigenvalue weighted by Crippen LogP contribution is 2.22. The lowest BCUT2D eigenvalue weighted by Crippen LogP contribution is -2.36. The van der Waals surface area contributed by atoms with Gasteiger partial charge in [-0.25, -0.2) is 0 Å². The summed E-state index contributed by atoms with van der Waals surface area (Å²) in [7, 11) is 0. The first-order valence-corrected chi connectivity index (χ1v) is 8.14. The molecule has 0 heterocycles. The third kappa shape index (κ3) is 4.20. The Labute approximate surface area is 144 Å². The largest absolute Gasteiger partial charge is 0.351 e. The van der Waals surface area contributed by atoms with Gasteiger partial charge in [0.05, 0.1) is 5.56 Å². The third-order valence-electron chi connectivity index (χ3n) is 3.42. The van der Waals surface area contributed by atoms with E-state index in [1.54, 1.807) is 12.1 Å². The third-order valence-corrected chi connectivity index (χ3v) is 4.59. The molecule has 0 saturated heterocycles. The van der Waals surface area contributed by atoms with Crippen LogP contribution in [0, 0.1) is 3.57 Å². The van der Waals surface area contributed by atoms with Crippen LogP contribution in [-0.4, -0.2) is 12.5 Å². The molecule has 1 amide bonds. The first-order valence-electron chi connectivity index (χ1n) is 6.69. The first-order chi connectivity index (χ1) is 9.90. The fourth-order valence-corrected chi connectivity index (χ4v) is 2.81. The van der Waals surface area contributed by atoms with E-state index in [9.17, 15) is 4.79 Å². The highest BCUT2D eigenvalue weighted by Gasteiger charge is 2.22. The highest BCUT2D eigenvalue weighted by molar-refractivity contribution is 14.1. The monoisotopic (exact) mass is 413 g/mol. The lowest BCUT2D eigenvalue weighted by molar-refractivity contribution is 0.0945. The Morgan fingerprint density at radius 1 is 1.19 bits per heavy atom. The molecule has 21 heavy (non-hydrogen) atoms. The maximum Gasteiger partial charge on any atom is 0.252 e.